The summed E-state index contributed by atoms with van der Waals surface area (Å²) in [5, 5.41) is 12.7. The number of aryl methyl sites for hydroxylation is 1. The van der Waals surface area contributed by atoms with Crippen LogP contribution in [0.25, 0.3) is 0 Å². The van der Waals surface area contributed by atoms with E-state index in [9.17, 15) is 5.11 Å². The molecule has 176 valence electrons. The second kappa shape index (κ2) is 11.7. The predicted molar refractivity (Wildman–Crippen MR) is 139 cm³/mol. The summed E-state index contributed by atoms with van der Waals surface area (Å²) >= 11 is 0. The zero-order valence-electron chi connectivity index (χ0n) is 19.7. The number of benzene rings is 3. The van der Waals surface area contributed by atoms with Crippen molar-refractivity contribution < 1.29 is 9.84 Å². The molecule has 0 bridgehead atoms. The fourth-order valence-electron chi connectivity index (χ4n) is 4.99. The van der Waals surface area contributed by atoms with Gasteiger partial charge in [0.05, 0.1) is 6.61 Å². The van der Waals surface area contributed by atoms with Gasteiger partial charge in [-0.05, 0) is 68.6 Å². The van der Waals surface area contributed by atoms with E-state index in [0.717, 1.165) is 47.6 Å². The summed E-state index contributed by atoms with van der Waals surface area (Å²) in [5.41, 5.74) is 2.99. The van der Waals surface area contributed by atoms with E-state index in [4.69, 9.17) is 4.74 Å². The van der Waals surface area contributed by atoms with E-state index in [1.54, 1.807) is 0 Å². The minimum Gasteiger partial charge on any atom is -0.494 e. The van der Waals surface area contributed by atoms with Crippen molar-refractivity contribution in [3.63, 3.8) is 0 Å². The van der Waals surface area contributed by atoms with Crippen molar-refractivity contribution >= 4 is 12.4 Å². The van der Waals surface area contributed by atoms with E-state index in [2.05, 4.69) is 54.3 Å². The fraction of sp³-hybridized carbons (Fsp3) is 0.379. The molecule has 2 unspecified atom stereocenters. The number of piperidine rings is 1. The van der Waals surface area contributed by atoms with Crippen LogP contribution in [0.5, 0.6) is 5.75 Å². The highest BCUT2D eigenvalue weighted by Crippen LogP contribution is 2.44. The second-order valence-corrected chi connectivity index (χ2v) is 8.92. The highest BCUT2D eigenvalue weighted by molar-refractivity contribution is 5.85. The summed E-state index contributed by atoms with van der Waals surface area (Å²) in [6.07, 6.45) is 3.76. The van der Waals surface area contributed by atoms with Gasteiger partial charge in [0.1, 0.15) is 11.4 Å². The third-order valence-corrected chi connectivity index (χ3v) is 6.66. The second-order valence-electron chi connectivity index (χ2n) is 8.92. The van der Waals surface area contributed by atoms with Gasteiger partial charge >= 0.3 is 0 Å². The largest absolute Gasteiger partial charge is 0.494 e. The molecular weight excluding hydrogens is 430 g/mol. The lowest BCUT2D eigenvalue weighted by Crippen LogP contribution is -2.43. The molecule has 0 saturated carbocycles. The average molecular weight is 466 g/mol. The number of nitrogens with zero attached hydrogens (tertiary/aromatic N) is 1. The number of hydrogen-bond acceptors (Lipinski definition) is 3. The molecule has 4 heteroatoms. The molecule has 0 amide bonds. The van der Waals surface area contributed by atoms with E-state index in [0.29, 0.717) is 6.61 Å². The molecular formula is C29H36ClNO2. The third-order valence-electron chi connectivity index (χ3n) is 6.66. The summed E-state index contributed by atoms with van der Waals surface area (Å²) in [4.78, 5) is 2.52. The van der Waals surface area contributed by atoms with Crippen molar-refractivity contribution in [1.29, 1.82) is 0 Å². The van der Waals surface area contributed by atoms with Crippen LogP contribution in [0.1, 0.15) is 54.4 Å². The SMILES string of the molecule is CCOc1ccc(C(O)(c2cccc(C)c2)C(CN2CCCCC2)c2ccccc2)cc1.Cl. The molecule has 33 heavy (non-hydrogen) atoms. The highest BCUT2D eigenvalue weighted by Gasteiger charge is 2.42. The lowest BCUT2D eigenvalue weighted by Gasteiger charge is -2.41. The molecule has 1 aliphatic rings. The molecule has 0 aliphatic carbocycles. The summed E-state index contributed by atoms with van der Waals surface area (Å²) in [6.45, 7) is 7.71. The Morgan fingerprint density at radius 2 is 1.58 bits per heavy atom. The molecule has 0 spiro atoms. The molecule has 3 aromatic rings. The zero-order valence-corrected chi connectivity index (χ0v) is 20.6. The monoisotopic (exact) mass is 465 g/mol. The van der Waals surface area contributed by atoms with Crippen LogP contribution in [0, 0.1) is 6.92 Å². The van der Waals surface area contributed by atoms with Gasteiger partial charge in [-0.3, -0.25) is 0 Å². The molecule has 0 radical (unpaired) electrons. The normalized spacial score (nSPS) is 16.9. The van der Waals surface area contributed by atoms with Gasteiger partial charge in [0.15, 0.2) is 0 Å². The minimum absolute atomic E-state index is 0. The number of ether oxygens (including phenoxy) is 1. The maximum atomic E-state index is 12.7. The van der Waals surface area contributed by atoms with Crippen LogP contribution >= 0.6 is 12.4 Å². The third kappa shape index (κ3) is 5.78. The molecule has 0 aromatic heterocycles. The van der Waals surface area contributed by atoms with E-state index >= 15 is 0 Å². The maximum absolute atomic E-state index is 12.7. The van der Waals surface area contributed by atoms with Crippen LogP contribution in [0.2, 0.25) is 0 Å². The van der Waals surface area contributed by atoms with Crippen molar-refractivity contribution in [2.45, 2.75) is 44.6 Å². The van der Waals surface area contributed by atoms with E-state index in [-0.39, 0.29) is 18.3 Å². The van der Waals surface area contributed by atoms with Crippen molar-refractivity contribution in [3.05, 3.63) is 101 Å². The van der Waals surface area contributed by atoms with Gasteiger partial charge in [0, 0.05) is 12.5 Å². The van der Waals surface area contributed by atoms with Gasteiger partial charge in [0.2, 0.25) is 0 Å². The van der Waals surface area contributed by atoms with Crippen LogP contribution in [-0.2, 0) is 5.60 Å². The first-order chi connectivity index (χ1) is 15.6. The number of halogens is 1. The van der Waals surface area contributed by atoms with Gasteiger partial charge in [0.25, 0.3) is 0 Å². The molecule has 1 aliphatic heterocycles. The zero-order chi connectivity index (χ0) is 22.4. The predicted octanol–water partition coefficient (Wildman–Crippen LogP) is 6.32. The van der Waals surface area contributed by atoms with Crippen molar-refractivity contribution in [2.24, 2.45) is 0 Å². The van der Waals surface area contributed by atoms with Crippen molar-refractivity contribution in [3.8, 4) is 5.75 Å². The Bertz CT molecular complexity index is 986. The molecule has 2 atom stereocenters. The van der Waals surface area contributed by atoms with Crippen molar-refractivity contribution in [1.82, 2.24) is 4.90 Å². The first kappa shape index (κ1) is 25.3. The average Bonchev–Trinajstić information content (AvgIpc) is 2.84. The van der Waals surface area contributed by atoms with Gasteiger partial charge in [-0.15, -0.1) is 12.4 Å². The molecule has 3 nitrogen and oxygen atoms in total. The Morgan fingerprint density at radius 3 is 2.21 bits per heavy atom. The highest BCUT2D eigenvalue weighted by atomic mass is 35.5. The number of hydrogen-bond donors (Lipinski definition) is 1. The molecule has 1 N–H and O–H groups in total. The molecule has 3 aromatic carbocycles. The van der Waals surface area contributed by atoms with Gasteiger partial charge in [-0.25, -0.2) is 0 Å². The summed E-state index contributed by atoms with van der Waals surface area (Å²) in [5.74, 6) is 0.733. The molecule has 4 rings (SSSR count). The summed E-state index contributed by atoms with van der Waals surface area (Å²) in [7, 11) is 0. The lowest BCUT2D eigenvalue weighted by molar-refractivity contribution is 0.0309. The maximum Gasteiger partial charge on any atom is 0.123 e. The summed E-state index contributed by atoms with van der Waals surface area (Å²) in [6, 6.07) is 26.8. The molecule has 1 saturated heterocycles. The Kier molecular flexibility index (Phi) is 8.96. The van der Waals surface area contributed by atoms with Crippen LogP contribution in [0.15, 0.2) is 78.9 Å². The Balaban J connectivity index is 0.00000306. The fourth-order valence-corrected chi connectivity index (χ4v) is 4.99. The minimum atomic E-state index is -1.16. The van der Waals surface area contributed by atoms with Crippen LogP contribution in [-0.4, -0.2) is 36.2 Å². The van der Waals surface area contributed by atoms with Gasteiger partial charge < -0.3 is 14.7 Å². The van der Waals surface area contributed by atoms with Crippen LogP contribution in [0.3, 0.4) is 0 Å². The van der Waals surface area contributed by atoms with Crippen molar-refractivity contribution in [2.75, 3.05) is 26.2 Å². The Labute approximate surface area is 204 Å². The van der Waals surface area contributed by atoms with Gasteiger partial charge in [-0.2, -0.15) is 0 Å². The van der Waals surface area contributed by atoms with Gasteiger partial charge in [-0.1, -0.05) is 78.7 Å². The summed E-state index contributed by atoms with van der Waals surface area (Å²) < 4.78 is 5.68. The molecule has 1 fully saturated rings. The number of likely N-dealkylation sites (tertiary alicyclic amines) is 1. The first-order valence-corrected chi connectivity index (χ1v) is 11.9. The number of aliphatic hydroxyl groups is 1. The molecule has 1 heterocycles. The lowest BCUT2D eigenvalue weighted by atomic mass is 9.72. The smallest absolute Gasteiger partial charge is 0.123 e. The first-order valence-electron chi connectivity index (χ1n) is 11.9. The topological polar surface area (TPSA) is 32.7 Å². The van der Waals surface area contributed by atoms with E-state index in [1.165, 1.54) is 19.3 Å². The quantitative estimate of drug-likeness (QED) is 0.422. The number of rotatable bonds is 8. The Morgan fingerprint density at radius 1 is 0.879 bits per heavy atom. The Hall–Kier alpha value is -2.33. The van der Waals surface area contributed by atoms with E-state index < -0.39 is 5.60 Å². The van der Waals surface area contributed by atoms with Crippen LogP contribution < -0.4 is 4.74 Å². The van der Waals surface area contributed by atoms with Crippen LogP contribution in [0.4, 0.5) is 0 Å². The standard InChI is InChI=1S/C29H35NO2.ClH/c1-3-32-27-17-15-25(16-18-27)29(31,26-14-10-11-23(2)21-26)28(24-12-6-4-7-13-24)22-30-19-8-5-9-20-30;/h4,6-7,10-18,21,28,31H,3,5,8-9,19-20,22H2,1-2H3;1H. The van der Waals surface area contributed by atoms with E-state index in [1.807, 2.05) is 43.3 Å².